The van der Waals surface area contributed by atoms with Crippen molar-refractivity contribution in [1.29, 1.82) is 0 Å². The van der Waals surface area contributed by atoms with Gasteiger partial charge in [0.1, 0.15) is 31.0 Å². The Balaban J connectivity index is 1.57. The van der Waals surface area contributed by atoms with Crippen LogP contribution in [0.3, 0.4) is 0 Å². The molecule has 0 aromatic heterocycles. The number of aliphatic hydroxyl groups excluding tert-OH is 4. The lowest BCUT2D eigenvalue weighted by Gasteiger charge is -2.45. The van der Waals surface area contributed by atoms with Crippen LogP contribution in [0.5, 0.6) is 0 Å². The normalized spacial score (nSPS) is 29.4. The number of nitrogens with one attached hydrogen (secondary N) is 1. The molecule has 9 heteroatoms. The average Bonchev–Trinajstić information content (AvgIpc) is 2.73. The van der Waals surface area contributed by atoms with Crippen molar-refractivity contribution in [3.05, 3.63) is 35.9 Å². The number of carbonyl (C=O) groups excluding carboxylic acids is 1. The summed E-state index contributed by atoms with van der Waals surface area (Å²) in [5, 5.41) is 51.8. The van der Waals surface area contributed by atoms with E-state index in [1.165, 1.54) is 0 Å². The van der Waals surface area contributed by atoms with E-state index in [1.807, 2.05) is 30.3 Å². The molecule has 2 rings (SSSR count). The molecule has 1 aliphatic heterocycles. The van der Waals surface area contributed by atoms with Gasteiger partial charge in [-0.2, -0.15) is 0 Å². The van der Waals surface area contributed by atoms with Crippen molar-refractivity contribution in [2.24, 2.45) is 0 Å². The summed E-state index contributed by atoms with van der Waals surface area (Å²) in [5.74, 6) is -2.02. The summed E-state index contributed by atoms with van der Waals surface area (Å²) in [6.07, 6.45) is -3.67. The van der Waals surface area contributed by atoms with Crippen LogP contribution in [0, 0.1) is 0 Å². The predicted molar refractivity (Wildman–Crippen MR) is 103 cm³/mol. The van der Waals surface area contributed by atoms with Crippen LogP contribution in [0.4, 0.5) is 4.79 Å². The summed E-state index contributed by atoms with van der Waals surface area (Å²) in [6, 6.07) is 9.38. The molecular weight excluding hydrogens is 382 g/mol. The number of benzene rings is 1. The van der Waals surface area contributed by atoms with E-state index in [0.29, 0.717) is 25.8 Å². The lowest BCUT2D eigenvalue weighted by atomic mass is 9.89. The Morgan fingerprint density at radius 2 is 1.76 bits per heavy atom. The van der Waals surface area contributed by atoms with E-state index in [-0.39, 0.29) is 13.0 Å². The second kappa shape index (κ2) is 11.4. The first-order chi connectivity index (χ1) is 13.9. The molecule has 0 aliphatic carbocycles. The third-order valence-electron chi connectivity index (χ3n) is 5.00. The minimum Gasteiger partial charge on any atom is -0.445 e. The van der Waals surface area contributed by atoms with E-state index in [2.05, 4.69) is 5.32 Å². The lowest BCUT2D eigenvalue weighted by molar-refractivity contribution is -0.351. The average molecular weight is 413 g/mol. The summed E-state index contributed by atoms with van der Waals surface area (Å²) in [6.45, 7) is 0.0801. The Morgan fingerprint density at radius 3 is 2.45 bits per heavy atom. The van der Waals surface area contributed by atoms with Crippen molar-refractivity contribution < 1.29 is 39.8 Å². The first kappa shape index (κ1) is 23.5. The second-order valence-electron chi connectivity index (χ2n) is 7.26. The van der Waals surface area contributed by atoms with E-state index in [0.717, 1.165) is 12.0 Å². The van der Waals surface area contributed by atoms with Gasteiger partial charge in [0, 0.05) is 13.0 Å². The van der Waals surface area contributed by atoms with Crippen LogP contribution in [0.2, 0.25) is 0 Å². The van der Waals surface area contributed by atoms with E-state index in [1.54, 1.807) is 0 Å². The number of ether oxygens (including phenoxy) is 2. The molecule has 5 atom stereocenters. The molecule has 29 heavy (non-hydrogen) atoms. The highest BCUT2D eigenvalue weighted by atomic mass is 16.7. The summed E-state index contributed by atoms with van der Waals surface area (Å²) in [4.78, 5) is 11.6. The van der Waals surface area contributed by atoms with Gasteiger partial charge >= 0.3 is 6.09 Å². The van der Waals surface area contributed by atoms with Crippen LogP contribution < -0.4 is 5.32 Å². The summed E-state index contributed by atoms with van der Waals surface area (Å²) >= 11 is 0. The number of aliphatic hydroxyl groups is 5. The predicted octanol–water partition coefficient (Wildman–Crippen LogP) is 0.0257. The van der Waals surface area contributed by atoms with Crippen LogP contribution in [0.1, 0.15) is 37.7 Å². The van der Waals surface area contributed by atoms with Gasteiger partial charge in [0.25, 0.3) is 0 Å². The number of amides is 1. The molecule has 1 aromatic carbocycles. The summed E-state index contributed by atoms with van der Waals surface area (Å²) < 4.78 is 10.3. The number of hydrogen-bond acceptors (Lipinski definition) is 8. The minimum atomic E-state index is -2.02. The molecule has 6 N–H and O–H groups in total. The van der Waals surface area contributed by atoms with Crippen LogP contribution in [-0.2, 0) is 16.1 Å². The van der Waals surface area contributed by atoms with Crippen LogP contribution >= 0.6 is 0 Å². The zero-order valence-electron chi connectivity index (χ0n) is 16.3. The van der Waals surface area contributed by atoms with E-state index >= 15 is 0 Å². The third kappa shape index (κ3) is 6.91. The highest BCUT2D eigenvalue weighted by Gasteiger charge is 2.51. The molecule has 9 nitrogen and oxygen atoms in total. The van der Waals surface area contributed by atoms with Gasteiger partial charge in [-0.15, -0.1) is 0 Å². The molecule has 1 amide bonds. The minimum absolute atomic E-state index is 0.0427. The third-order valence-corrected chi connectivity index (χ3v) is 5.00. The lowest BCUT2D eigenvalue weighted by Crippen LogP contribution is -2.65. The molecular formula is C20H31NO8. The molecule has 0 unspecified atom stereocenters. The maximum Gasteiger partial charge on any atom is 0.407 e. The first-order valence-corrected chi connectivity index (χ1v) is 9.87. The van der Waals surface area contributed by atoms with Gasteiger partial charge in [-0.25, -0.2) is 4.79 Å². The van der Waals surface area contributed by atoms with Crippen molar-refractivity contribution in [2.75, 3.05) is 13.2 Å². The van der Waals surface area contributed by atoms with Gasteiger partial charge in [-0.05, 0) is 18.4 Å². The highest BCUT2D eigenvalue weighted by Crippen LogP contribution is 2.32. The quantitative estimate of drug-likeness (QED) is 0.294. The zero-order valence-corrected chi connectivity index (χ0v) is 16.3. The maximum absolute atomic E-state index is 11.6. The molecule has 1 aliphatic rings. The van der Waals surface area contributed by atoms with Crippen molar-refractivity contribution in [2.45, 2.75) is 68.9 Å². The molecule has 1 aromatic rings. The van der Waals surface area contributed by atoms with Gasteiger partial charge in [0.05, 0.1) is 6.61 Å². The molecule has 1 saturated heterocycles. The maximum atomic E-state index is 11.6. The molecule has 1 heterocycles. The van der Waals surface area contributed by atoms with Gasteiger partial charge in [-0.3, -0.25) is 0 Å². The monoisotopic (exact) mass is 413 g/mol. The van der Waals surface area contributed by atoms with E-state index in [4.69, 9.17) is 9.47 Å². The van der Waals surface area contributed by atoms with Crippen molar-refractivity contribution in [1.82, 2.24) is 5.32 Å². The molecule has 0 bridgehead atoms. The summed E-state index contributed by atoms with van der Waals surface area (Å²) in [7, 11) is 0. The van der Waals surface area contributed by atoms with Gasteiger partial charge in [0.2, 0.25) is 0 Å². The molecule has 0 radical (unpaired) electrons. The number of carbonyl (C=O) groups is 1. The Morgan fingerprint density at radius 1 is 1.07 bits per heavy atom. The van der Waals surface area contributed by atoms with Crippen molar-refractivity contribution in [3.8, 4) is 0 Å². The zero-order chi connectivity index (χ0) is 21.3. The van der Waals surface area contributed by atoms with Crippen LogP contribution in [-0.4, -0.2) is 75.0 Å². The van der Waals surface area contributed by atoms with Gasteiger partial charge in [-0.1, -0.05) is 43.2 Å². The topological polar surface area (TPSA) is 149 Å². The number of hydrogen-bond donors (Lipinski definition) is 6. The van der Waals surface area contributed by atoms with Crippen molar-refractivity contribution >= 4 is 6.09 Å². The smallest absolute Gasteiger partial charge is 0.407 e. The van der Waals surface area contributed by atoms with Gasteiger partial charge in [0.15, 0.2) is 5.79 Å². The Hall–Kier alpha value is -1.75. The van der Waals surface area contributed by atoms with Crippen LogP contribution in [0.25, 0.3) is 0 Å². The SMILES string of the molecule is O=C(NCCCCCC[C@]1(O)O[C@H](CO)[C@@H](O)[C@H](O)[C@@H]1O)OCc1ccccc1. The Bertz CT molecular complexity index is 614. The standard InChI is InChI=1S/C20H31NO8/c22-12-15-16(23)17(24)18(25)20(27,29-15)10-6-1-2-7-11-21-19(26)28-13-14-8-4-3-5-9-14/h3-5,8-9,15-18,22-25,27H,1-2,6-7,10-13H2,(H,21,26)/t15-,16-,17+,18+,20+/m1/s1. The van der Waals surface area contributed by atoms with Crippen LogP contribution in [0.15, 0.2) is 30.3 Å². The fraction of sp³-hybridized carbons (Fsp3) is 0.650. The van der Waals surface area contributed by atoms with Crippen molar-refractivity contribution in [3.63, 3.8) is 0 Å². The summed E-state index contributed by atoms with van der Waals surface area (Å²) in [5.41, 5.74) is 0.911. The molecule has 164 valence electrons. The Labute approximate surface area is 169 Å². The van der Waals surface area contributed by atoms with E-state index in [9.17, 15) is 30.3 Å². The molecule has 1 fully saturated rings. The second-order valence-corrected chi connectivity index (χ2v) is 7.26. The molecule has 0 saturated carbocycles. The highest BCUT2D eigenvalue weighted by molar-refractivity contribution is 5.67. The van der Waals surface area contributed by atoms with Gasteiger partial charge < -0.3 is 40.3 Å². The fourth-order valence-electron chi connectivity index (χ4n) is 3.25. The van der Waals surface area contributed by atoms with E-state index < -0.39 is 42.9 Å². The first-order valence-electron chi connectivity index (χ1n) is 9.87. The number of rotatable bonds is 10. The number of unbranched alkanes of at least 4 members (excludes halogenated alkanes) is 3. The molecule has 0 spiro atoms. The Kier molecular flexibility index (Phi) is 9.28. The number of alkyl carbamates (subject to hydrolysis) is 1. The fourth-order valence-corrected chi connectivity index (χ4v) is 3.25. The largest absolute Gasteiger partial charge is 0.445 e.